The summed E-state index contributed by atoms with van der Waals surface area (Å²) in [6.45, 7) is 2.11. The maximum atomic E-state index is 11.4. The topological polar surface area (TPSA) is 70.8 Å². The number of hydrogen-bond acceptors (Lipinski definition) is 5. The lowest BCUT2D eigenvalue weighted by Crippen LogP contribution is -2.18. The molecule has 1 aromatic rings. The lowest BCUT2D eigenvalue weighted by atomic mass is 10.0. The van der Waals surface area contributed by atoms with Gasteiger partial charge in [-0.1, -0.05) is 0 Å². The zero-order valence-electron chi connectivity index (χ0n) is 10.9. The molecule has 0 saturated heterocycles. The highest BCUT2D eigenvalue weighted by Gasteiger charge is 2.17. The van der Waals surface area contributed by atoms with Crippen LogP contribution in [-0.2, 0) is 9.53 Å². The number of methoxy groups -OCH3 is 2. The Morgan fingerprint density at radius 1 is 1.33 bits per heavy atom. The van der Waals surface area contributed by atoms with Crippen molar-refractivity contribution < 1.29 is 19.0 Å². The molecule has 0 aliphatic rings. The first-order chi connectivity index (χ1) is 8.62. The van der Waals surface area contributed by atoms with E-state index in [1.165, 1.54) is 0 Å². The van der Waals surface area contributed by atoms with Gasteiger partial charge in [0.15, 0.2) is 0 Å². The second-order valence-corrected chi connectivity index (χ2v) is 3.72. The van der Waals surface area contributed by atoms with Gasteiger partial charge in [-0.15, -0.1) is 0 Å². The first-order valence-corrected chi connectivity index (χ1v) is 5.75. The number of benzene rings is 1. The molecule has 1 atom stereocenters. The van der Waals surface area contributed by atoms with E-state index in [1.807, 2.05) is 0 Å². The molecule has 1 unspecified atom stereocenters. The molecule has 0 fully saturated rings. The minimum atomic E-state index is -0.478. The second-order valence-electron chi connectivity index (χ2n) is 3.72. The Bertz CT molecular complexity index is 406. The van der Waals surface area contributed by atoms with E-state index in [1.54, 1.807) is 39.3 Å². The van der Waals surface area contributed by atoms with Crippen molar-refractivity contribution in [2.45, 2.75) is 19.4 Å². The van der Waals surface area contributed by atoms with Gasteiger partial charge in [-0.3, -0.25) is 4.79 Å². The van der Waals surface area contributed by atoms with E-state index in [9.17, 15) is 4.79 Å². The van der Waals surface area contributed by atoms with Gasteiger partial charge in [0, 0.05) is 11.6 Å². The molecule has 5 nitrogen and oxygen atoms in total. The smallest absolute Gasteiger partial charge is 0.307 e. The van der Waals surface area contributed by atoms with Crippen molar-refractivity contribution in [1.82, 2.24) is 0 Å². The van der Waals surface area contributed by atoms with E-state index in [-0.39, 0.29) is 12.4 Å². The van der Waals surface area contributed by atoms with Crippen molar-refractivity contribution in [3.8, 4) is 11.5 Å². The molecule has 18 heavy (non-hydrogen) atoms. The van der Waals surface area contributed by atoms with Crippen LogP contribution in [0.3, 0.4) is 0 Å². The average molecular weight is 253 g/mol. The fourth-order valence-corrected chi connectivity index (χ4v) is 1.64. The van der Waals surface area contributed by atoms with E-state index in [0.29, 0.717) is 18.1 Å². The molecule has 100 valence electrons. The number of carbonyl (C=O) groups is 1. The molecular formula is C13H19NO4. The summed E-state index contributed by atoms with van der Waals surface area (Å²) in [4.78, 5) is 11.4. The average Bonchev–Trinajstić information content (AvgIpc) is 2.38. The number of ether oxygens (including phenoxy) is 3. The molecule has 0 amide bonds. The third-order valence-corrected chi connectivity index (χ3v) is 2.53. The predicted octanol–water partition coefficient (Wildman–Crippen LogP) is 1.66. The molecule has 0 saturated carbocycles. The van der Waals surface area contributed by atoms with Crippen LogP contribution in [0.25, 0.3) is 0 Å². The monoisotopic (exact) mass is 253 g/mol. The molecule has 0 spiro atoms. The fraction of sp³-hybridized carbons (Fsp3) is 0.462. The predicted molar refractivity (Wildman–Crippen MR) is 67.7 cm³/mol. The maximum absolute atomic E-state index is 11.4. The Balaban J connectivity index is 2.88. The lowest BCUT2D eigenvalue weighted by molar-refractivity contribution is -0.143. The van der Waals surface area contributed by atoms with Gasteiger partial charge >= 0.3 is 5.97 Å². The van der Waals surface area contributed by atoms with Gasteiger partial charge in [-0.2, -0.15) is 0 Å². The highest BCUT2D eigenvalue weighted by Crippen LogP contribution is 2.29. The van der Waals surface area contributed by atoms with E-state index in [2.05, 4.69) is 0 Å². The standard InChI is InChI=1S/C13H19NO4/c1-4-18-13(15)8-11(14)10-7-9(16-2)5-6-12(10)17-3/h5-7,11H,4,8,14H2,1-3H3. The van der Waals surface area contributed by atoms with E-state index < -0.39 is 6.04 Å². The number of carbonyl (C=O) groups excluding carboxylic acids is 1. The number of rotatable bonds is 6. The molecular weight excluding hydrogens is 234 g/mol. The van der Waals surface area contributed by atoms with Gasteiger partial charge in [0.05, 0.1) is 27.2 Å². The molecule has 2 N–H and O–H groups in total. The maximum Gasteiger partial charge on any atom is 0.307 e. The molecule has 0 aliphatic carbocycles. The summed E-state index contributed by atoms with van der Waals surface area (Å²) in [6, 6.07) is 4.83. The first-order valence-electron chi connectivity index (χ1n) is 5.75. The zero-order valence-corrected chi connectivity index (χ0v) is 10.9. The van der Waals surface area contributed by atoms with Crippen LogP contribution >= 0.6 is 0 Å². The van der Waals surface area contributed by atoms with Gasteiger partial charge < -0.3 is 19.9 Å². The summed E-state index contributed by atoms with van der Waals surface area (Å²) >= 11 is 0. The highest BCUT2D eigenvalue weighted by atomic mass is 16.5. The Hall–Kier alpha value is -1.75. The number of esters is 1. The largest absolute Gasteiger partial charge is 0.497 e. The van der Waals surface area contributed by atoms with Crippen molar-refractivity contribution in [1.29, 1.82) is 0 Å². The summed E-state index contributed by atoms with van der Waals surface area (Å²) in [5, 5.41) is 0. The molecule has 5 heteroatoms. The minimum absolute atomic E-state index is 0.108. The van der Waals surface area contributed by atoms with Crippen LogP contribution < -0.4 is 15.2 Å². The summed E-state index contributed by atoms with van der Waals surface area (Å²) in [6.07, 6.45) is 0.108. The van der Waals surface area contributed by atoms with Crippen LogP contribution in [-0.4, -0.2) is 26.8 Å². The molecule has 1 aromatic carbocycles. The minimum Gasteiger partial charge on any atom is -0.497 e. The van der Waals surface area contributed by atoms with Gasteiger partial charge in [0.1, 0.15) is 11.5 Å². The third kappa shape index (κ3) is 3.63. The normalized spacial score (nSPS) is 11.8. The SMILES string of the molecule is CCOC(=O)CC(N)c1cc(OC)ccc1OC. The van der Waals surface area contributed by atoms with Crippen LogP contribution in [0, 0.1) is 0 Å². The van der Waals surface area contributed by atoms with E-state index >= 15 is 0 Å². The number of nitrogens with two attached hydrogens (primary N) is 1. The quantitative estimate of drug-likeness (QED) is 0.781. The van der Waals surface area contributed by atoms with Gasteiger partial charge in [-0.25, -0.2) is 0 Å². The molecule has 0 aliphatic heterocycles. The van der Waals surface area contributed by atoms with Crippen molar-refractivity contribution in [3.05, 3.63) is 23.8 Å². The third-order valence-electron chi connectivity index (χ3n) is 2.53. The molecule has 0 radical (unpaired) electrons. The van der Waals surface area contributed by atoms with E-state index in [4.69, 9.17) is 19.9 Å². The van der Waals surface area contributed by atoms with Crippen molar-refractivity contribution in [2.24, 2.45) is 5.73 Å². The van der Waals surface area contributed by atoms with Crippen molar-refractivity contribution >= 4 is 5.97 Å². The number of hydrogen-bond donors (Lipinski definition) is 1. The Labute approximate surface area is 107 Å². The van der Waals surface area contributed by atoms with E-state index in [0.717, 1.165) is 5.56 Å². The van der Waals surface area contributed by atoms with Gasteiger partial charge in [0.25, 0.3) is 0 Å². The van der Waals surface area contributed by atoms with Crippen molar-refractivity contribution in [3.63, 3.8) is 0 Å². The first kappa shape index (κ1) is 14.3. The van der Waals surface area contributed by atoms with Gasteiger partial charge in [0.2, 0.25) is 0 Å². The van der Waals surface area contributed by atoms with Crippen LogP contribution in [0.1, 0.15) is 24.9 Å². The summed E-state index contributed by atoms with van der Waals surface area (Å²) in [5.41, 5.74) is 6.72. The molecule has 0 aromatic heterocycles. The zero-order chi connectivity index (χ0) is 13.5. The molecule has 0 bridgehead atoms. The Morgan fingerprint density at radius 2 is 2.06 bits per heavy atom. The Kier molecular flexibility index (Phi) is 5.45. The Morgan fingerprint density at radius 3 is 2.61 bits per heavy atom. The van der Waals surface area contributed by atoms with Gasteiger partial charge in [-0.05, 0) is 25.1 Å². The van der Waals surface area contributed by atoms with Crippen LogP contribution in [0.4, 0.5) is 0 Å². The van der Waals surface area contributed by atoms with Crippen molar-refractivity contribution in [2.75, 3.05) is 20.8 Å². The van der Waals surface area contributed by atoms with Crippen LogP contribution in [0.5, 0.6) is 11.5 Å². The summed E-state index contributed by atoms with van der Waals surface area (Å²) < 4.78 is 15.2. The van der Waals surface area contributed by atoms with Crippen LogP contribution in [0.2, 0.25) is 0 Å². The lowest BCUT2D eigenvalue weighted by Gasteiger charge is -2.16. The second kappa shape index (κ2) is 6.86. The van der Waals surface area contributed by atoms with Crippen LogP contribution in [0.15, 0.2) is 18.2 Å². The highest BCUT2D eigenvalue weighted by molar-refractivity contribution is 5.70. The summed E-state index contributed by atoms with van der Waals surface area (Å²) in [7, 11) is 3.13. The fourth-order valence-electron chi connectivity index (χ4n) is 1.64. The molecule has 0 heterocycles. The molecule has 1 rings (SSSR count). The summed E-state index contributed by atoms with van der Waals surface area (Å²) in [5.74, 6) is 0.979.